The minimum absolute atomic E-state index is 0.0139. The topological polar surface area (TPSA) is 65.5 Å². The van der Waals surface area contributed by atoms with Crippen molar-refractivity contribution in [2.45, 2.75) is 6.42 Å². The molecule has 1 aliphatic heterocycles. The van der Waals surface area contributed by atoms with Crippen molar-refractivity contribution in [3.05, 3.63) is 77.1 Å². The fourth-order valence-electron chi connectivity index (χ4n) is 3.34. The van der Waals surface area contributed by atoms with Crippen molar-refractivity contribution >= 4 is 34.0 Å². The number of halogens is 1. The van der Waals surface area contributed by atoms with Crippen LogP contribution in [0.15, 0.2) is 60.0 Å². The zero-order valence-corrected chi connectivity index (χ0v) is 17.1. The van der Waals surface area contributed by atoms with Crippen LogP contribution in [0, 0.1) is 5.82 Å². The molecule has 1 fully saturated rings. The molecule has 2 aromatic carbocycles. The van der Waals surface area contributed by atoms with Gasteiger partial charge < -0.3 is 9.80 Å². The highest BCUT2D eigenvalue weighted by atomic mass is 32.1. The Hall–Kier alpha value is -3.26. The summed E-state index contributed by atoms with van der Waals surface area (Å²) in [6.45, 7) is 2.62. The molecule has 0 radical (unpaired) electrons. The Kier molecular flexibility index (Phi) is 6.04. The van der Waals surface area contributed by atoms with Gasteiger partial charge in [0, 0.05) is 42.8 Å². The van der Waals surface area contributed by atoms with E-state index in [2.05, 4.69) is 15.2 Å². The maximum atomic E-state index is 13.1. The molecule has 1 aromatic heterocycles. The quantitative estimate of drug-likeness (QED) is 0.682. The standard InChI is InChI=1S/C22H21FN4O2S/c23-17-6-8-19(9-7-17)26-10-12-27(13-11-26)20(28)14-18-15-30-22(24-18)25-21(29)16-4-2-1-3-5-16/h1-9,15H,10-14H2,(H,24,25,29). The maximum absolute atomic E-state index is 13.1. The summed E-state index contributed by atoms with van der Waals surface area (Å²) in [5, 5.41) is 5.05. The summed E-state index contributed by atoms with van der Waals surface area (Å²) < 4.78 is 13.1. The number of hydrogen-bond donors (Lipinski definition) is 1. The molecule has 0 bridgehead atoms. The van der Waals surface area contributed by atoms with Gasteiger partial charge in [0.25, 0.3) is 5.91 Å². The van der Waals surface area contributed by atoms with Gasteiger partial charge in [0.2, 0.25) is 5.91 Å². The Bertz CT molecular complexity index is 1020. The van der Waals surface area contributed by atoms with Gasteiger partial charge in [-0.15, -0.1) is 11.3 Å². The molecule has 154 valence electrons. The number of hydrogen-bond acceptors (Lipinski definition) is 5. The number of thiazole rings is 1. The van der Waals surface area contributed by atoms with Crippen LogP contribution in [0.1, 0.15) is 16.1 Å². The number of anilines is 2. The molecule has 0 atom stereocenters. The predicted octanol–water partition coefficient (Wildman–Crippen LogP) is 3.43. The first-order chi connectivity index (χ1) is 14.6. The van der Waals surface area contributed by atoms with Crippen LogP contribution in [-0.4, -0.2) is 47.9 Å². The van der Waals surface area contributed by atoms with Gasteiger partial charge in [-0.1, -0.05) is 18.2 Å². The molecule has 1 N–H and O–H groups in total. The Morgan fingerprint density at radius 2 is 1.70 bits per heavy atom. The summed E-state index contributed by atoms with van der Waals surface area (Å²) in [5.74, 6) is -0.463. The summed E-state index contributed by atoms with van der Waals surface area (Å²) in [6.07, 6.45) is 0.203. The van der Waals surface area contributed by atoms with Crippen LogP contribution in [0.25, 0.3) is 0 Å². The van der Waals surface area contributed by atoms with E-state index in [4.69, 9.17) is 0 Å². The normalized spacial score (nSPS) is 13.9. The van der Waals surface area contributed by atoms with Gasteiger partial charge in [0.1, 0.15) is 5.82 Å². The third-order valence-corrected chi connectivity index (χ3v) is 5.77. The van der Waals surface area contributed by atoms with Gasteiger partial charge in [-0.05, 0) is 36.4 Å². The number of carbonyl (C=O) groups is 2. The van der Waals surface area contributed by atoms with Crippen LogP contribution < -0.4 is 10.2 Å². The van der Waals surface area contributed by atoms with E-state index in [1.54, 1.807) is 41.8 Å². The molecule has 0 unspecified atom stereocenters. The van der Waals surface area contributed by atoms with Gasteiger partial charge in [-0.3, -0.25) is 14.9 Å². The van der Waals surface area contributed by atoms with E-state index >= 15 is 0 Å². The van der Waals surface area contributed by atoms with Crippen molar-refractivity contribution in [3.63, 3.8) is 0 Å². The Labute approximate surface area is 178 Å². The lowest BCUT2D eigenvalue weighted by Gasteiger charge is -2.36. The lowest BCUT2D eigenvalue weighted by Crippen LogP contribution is -2.49. The molecule has 2 heterocycles. The lowest BCUT2D eigenvalue weighted by atomic mass is 10.2. The van der Waals surface area contributed by atoms with Gasteiger partial charge in [-0.2, -0.15) is 0 Å². The number of piperazine rings is 1. The first-order valence-corrected chi connectivity index (χ1v) is 10.6. The zero-order valence-electron chi connectivity index (χ0n) is 16.3. The highest BCUT2D eigenvalue weighted by molar-refractivity contribution is 7.14. The number of carbonyl (C=O) groups excluding carboxylic acids is 2. The molecule has 30 heavy (non-hydrogen) atoms. The monoisotopic (exact) mass is 424 g/mol. The Morgan fingerprint density at radius 1 is 1.00 bits per heavy atom. The number of aromatic nitrogens is 1. The molecule has 2 amide bonds. The summed E-state index contributed by atoms with van der Waals surface area (Å²) in [5.41, 5.74) is 2.17. The molecule has 6 nitrogen and oxygen atoms in total. The number of nitrogens with one attached hydrogen (secondary N) is 1. The van der Waals surface area contributed by atoms with Gasteiger partial charge in [0.05, 0.1) is 12.1 Å². The highest BCUT2D eigenvalue weighted by Crippen LogP contribution is 2.19. The highest BCUT2D eigenvalue weighted by Gasteiger charge is 2.22. The summed E-state index contributed by atoms with van der Waals surface area (Å²) in [6, 6.07) is 15.3. The average molecular weight is 425 g/mol. The van der Waals surface area contributed by atoms with Gasteiger partial charge in [0.15, 0.2) is 5.13 Å². The van der Waals surface area contributed by atoms with E-state index in [-0.39, 0.29) is 24.1 Å². The molecule has 0 spiro atoms. The SMILES string of the molecule is O=C(Nc1nc(CC(=O)N2CCN(c3ccc(F)cc3)CC2)cs1)c1ccccc1. The second-order valence-electron chi connectivity index (χ2n) is 6.99. The summed E-state index contributed by atoms with van der Waals surface area (Å²) in [7, 11) is 0. The molecule has 0 saturated carbocycles. The molecule has 1 aliphatic rings. The Morgan fingerprint density at radius 3 is 2.40 bits per heavy atom. The van der Waals surface area contributed by atoms with E-state index in [1.807, 2.05) is 11.0 Å². The Balaban J connectivity index is 1.28. The van der Waals surface area contributed by atoms with E-state index in [0.29, 0.717) is 42.6 Å². The number of rotatable bonds is 5. The first-order valence-electron chi connectivity index (χ1n) is 9.67. The van der Waals surface area contributed by atoms with Crippen LogP contribution in [-0.2, 0) is 11.2 Å². The van der Waals surface area contributed by atoms with E-state index in [0.717, 1.165) is 5.69 Å². The minimum atomic E-state index is -0.254. The molecular formula is C22H21FN4O2S. The fraction of sp³-hybridized carbons (Fsp3) is 0.227. The van der Waals surface area contributed by atoms with E-state index in [1.165, 1.54) is 23.5 Å². The fourth-order valence-corrected chi connectivity index (χ4v) is 4.04. The zero-order chi connectivity index (χ0) is 20.9. The van der Waals surface area contributed by atoms with Crippen molar-refractivity contribution < 1.29 is 14.0 Å². The van der Waals surface area contributed by atoms with Gasteiger partial charge in [-0.25, -0.2) is 9.37 Å². The van der Waals surface area contributed by atoms with Crippen LogP contribution in [0.2, 0.25) is 0 Å². The largest absolute Gasteiger partial charge is 0.368 e. The maximum Gasteiger partial charge on any atom is 0.257 e. The third kappa shape index (κ3) is 4.83. The minimum Gasteiger partial charge on any atom is -0.368 e. The molecule has 4 rings (SSSR count). The lowest BCUT2D eigenvalue weighted by molar-refractivity contribution is -0.130. The van der Waals surface area contributed by atoms with Crippen molar-refractivity contribution in [3.8, 4) is 0 Å². The molecule has 3 aromatic rings. The average Bonchev–Trinajstić information content (AvgIpc) is 3.21. The summed E-state index contributed by atoms with van der Waals surface area (Å²) in [4.78, 5) is 33.2. The predicted molar refractivity (Wildman–Crippen MR) is 115 cm³/mol. The number of nitrogens with zero attached hydrogens (tertiary/aromatic N) is 3. The third-order valence-electron chi connectivity index (χ3n) is 4.96. The first kappa shape index (κ1) is 20.0. The van der Waals surface area contributed by atoms with Crippen LogP contribution in [0.3, 0.4) is 0 Å². The van der Waals surface area contributed by atoms with Crippen LogP contribution in [0.5, 0.6) is 0 Å². The van der Waals surface area contributed by atoms with Crippen molar-refractivity contribution in [2.24, 2.45) is 0 Å². The number of benzene rings is 2. The van der Waals surface area contributed by atoms with Crippen molar-refractivity contribution in [1.82, 2.24) is 9.88 Å². The van der Waals surface area contributed by atoms with E-state index in [9.17, 15) is 14.0 Å². The van der Waals surface area contributed by atoms with E-state index < -0.39 is 0 Å². The van der Waals surface area contributed by atoms with Gasteiger partial charge >= 0.3 is 0 Å². The second-order valence-corrected chi connectivity index (χ2v) is 7.84. The smallest absolute Gasteiger partial charge is 0.257 e. The van der Waals surface area contributed by atoms with Crippen molar-refractivity contribution in [1.29, 1.82) is 0 Å². The molecule has 8 heteroatoms. The van der Waals surface area contributed by atoms with Crippen molar-refractivity contribution in [2.75, 3.05) is 36.4 Å². The van der Waals surface area contributed by atoms with Crippen LogP contribution in [0.4, 0.5) is 15.2 Å². The second kappa shape index (κ2) is 9.04. The molecular weight excluding hydrogens is 403 g/mol. The molecule has 0 aliphatic carbocycles. The summed E-state index contributed by atoms with van der Waals surface area (Å²) >= 11 is 1.31. The molecule has 1 saturated heterocycles. The number of amides is 2. The van der Waals surface area contributed by atoms with Crippen LogP contribution >= 0.6 is 11.3 Å².